The molecule has 1 aliphatic rings. The fraction of sp³-hybridized carbons (Fsp3) is 0.542. The van der Waals surface area contributed by atoms with Crippen molar-refractivity contribution in [3.63, 3.8) is 0 Å². The van der Waals surface area contributed by atoms with Gasteiger partial charge in [0, 0.05) is 5.57 Å². The van der Waals surface area contributed by atoms with Crippen molar-refractivity contribution in [3.05, 3.63) is 35.1 Å². The Kier molecular flexibility index (Phi) is 9.10. The molecule has 0 saturated heterocycles. The Hall–Kier alpha value is -2.43. The molecule has 160 valence electrons. The summed E-state index contributed by atoms with van der Waals surface area (Å²) >= 11 is 0. The summed E-state index contributed by atoms with van der Waals surface area (Å²) in [7, 11) is 0. The number of aliphatic hydroxyl groups is 1. The zero-order valence-corrected chi connectivity index (χ0v) is 17.4. The molecule has 0 saturated carbocycles. The first-order chi connectivity index (χ1) is 13.9. The van der Waals surface area contributed by atoms with Gasteiger partial charge in [0.05, 0.1) is 0 Å². The summed E-state index contributed by atoms with van der Waals surface area (Å²) in [6, 6.07) is 2.49. The highest BCUT2D eigenvalue weighted by Crippen LogP contribution is 2.40. The number of aromatic hydroxyl groups is 3. The molecule has 1 aromatic rings. The Bertz CT molecular complexity index is 738. The highest BCUT2D eigenvalue weighted by Gasteiger charge is 2.23. The molecule has 0 spiro atoms. The smallest absolute Gasteiger partial charge is 0.220 e. The molecule has 0 radical (unpaired) electrons. The van der Waals surface area contributed by atoms with Crippen LogP contribution in [0, 0.1) is 0 Å². The van der Waals surface area contributed by atoms with Gasteiger partial charge in [-0.25, -0.2) is 0 Å². The number of aliphatic hydroxyl groups excluding tert-OH is 1. The van der Waals surface area contributed by atoms with Gasteiger partial charge in [-0.05, 0) is 43.0 Å². The van der Waals surface area contributed by atoms with Gasteiger partial charge in [0.25, 0.3) is 0 Å². The fourth-order valence-corrected chi connectivity index (χ4v) is 3.78. The van der Waals surface area contributed by atoms with Crippen LogP contribution in [0.2, 0.25) is 0 Å². The van der Waals surface area contributed by atoms with Crippen LogP contribution in [0.5, 0.6) is 17.2 Å². The average molecular weight is 403 g/mol. The van der Waals surface area contributed by atoms with Crippen molar-refractivity contribution in [2.75, 3.05) is 0 Å². The molecule has 0 bridgehead atoms. The van der Waals surface area contributed by atoms with E-state index in [1.165, 1.54) is 69.6 Å². The fourth-order valence-electron chi connectivity index (χ4n) is 3.78. The minimum Gasteiger partial charge on any atom is -0.504 e. The van der Waals surface area contributed by atoms with E-state index in [2.05, 4.69) is 6.92 Å². The topological polar surface area (TPSA) is 98.0 Å². The van der Waals surface area contributed by atoms with Crippen LogP contribution in [-0.4, -0.2) is 26.2 Å². The van der Waals surface area contributed by atoms with Crippen LogP contribution in [0.4, 0.5) is 0 Å². The third-order valence-corrected chi connectivity index (χ3v) is 5.53. The minimum atomic E-state index is -0.614. The zero-order valence-electron chi connectivity index (χ0n) is 17.4. The Labute approximate surface area is 173 Å². The molecule has 1 aliphatic carbocycles. The Balaban J connectivity index is 1.79. The minimum absolute atomic E-state index is 0.331. The highest BCUT2D eigenvalue weighted by molar-refractivity contribution is 6.09. The predicted molar refractivity (Wildman–Crippen MR) is 115 cm³/mol. The van der Waals surface area contributed by atoms with Crippen molar-refractivity contribution in [1.82, 2.24) is 0 Å². The second-order valence-corrected chi connectivity index (χ2v) is 7.97. The molecule has 0 amide bonds. The van der Waals surface area contributed by atoms with Crippen LogP contribution < -0.4 is 0 Å². The number of unbranched alkanes of at least 4 members (excludes halogenated alkanes) is 9. The van der Waals surface area contributed by atoms with Crippen LogP contribution in [0.15, 0.2) is 29.5 Å². The predicted octanol–water partition coefficient (Wildman–Crippen LogP) is 6.28. The molecule has 5 nitrogen and oxygen atoms in total. The monoisotopic (exact) mass is 402 g/mol. The van der Waals surface area contributed by atoms with E-state index in [0.717, 1.165) is 24.8 Å². The van der Waals surface area contributed by atoms with Crippen molar-refractivity contribution in [2.45, 2.75) is 84.0 Å². The maximum Gasteiger partial charge on any atom is 0.220 e. The zero-order chi connectivity index (χ0) is 21.2. The van der Waals surface area contributed by atoms with E-state index >= 15 is 0 Å². The number of carbonyl (C=O) groups excluding carboxylic acids is 1. The summed E-state index contributed by atoms with van der Waals surface area (Å²) in [4.78, 5) is 12.1. The first-order valence-corrected chi connectivity index (χ1v) is 10.8. The van der Waals surface area contributed by atoms with Crippen LogP contribution >= 0.6 is 0 Å². The Morgan fingerprint density at radius 2 is 1.31 bits per heavy atom. The second-order valence-electron chi connectivity index (χ2n) is 7.97. The van der Waals surface area contributed by atoms with E-state index in [1.54, 1.807) is 0 Å². The van der Waals surface area contributed by atoms with Crippen molar-refractivity contribution in [1.29, 1.82) is 0 Å². The van der Waals surface area contributed by atoms with Crippen molar-refractivity contribution in [3.8, 4) is 17.2 Å². The van der Waals surface area contributed by atoms with Crippen LogP contribution in [0.1, 0.15) is 89.5 Å². The molecule has 5 heteroatoms. The van der Waals surface area contributed by atoms with Crippen molar-refractivity contribution < 1.29 is 25.2 Å². The molecule has 0 unspecified atom stereocenters. The third-order valence-electron chi connectivity index (χ3n) is 5.53. The number of allylic oxidation sites excluding steroid dienone is 3. The number of rotatable bonds is 12. The molecule has 2 rings (SSSR count). The molecular formula is C24H34O5. The van der Waals surface area contributed by atoms with Gasteiger partial charge in [-0.2, -0.15) is 0 Å². The summed E-state index contributed by atoms with van der Waals surface area (Å²) in [5, 5.41) is 39.1. The van der Waals surface area contributed by atoms with Gasteiger partial charge in [-0.15, -0.1) is 0 Å². The lowest BCUT2D eigenvalue weighted by atomic mass is 9.88. The van der Waals surface area contributed by atoms with Gasteiger partial charge in [0.2, 0.25) is 5.78 Å². The number of benzene rings is 1. The van der Waals surface area contributed by atoms with Crippen LogP contribution in [0.3, 0.4) is 0 Å². The average Bonchev–Trinajstić information content (AvgIpc) is 2.69. The van der Waals surface area contributed by atoms with Crippen LogP contribution in [-0.2, 0) is 4.79 Å². The largest absolute Gasteiger partial charge is 0.504 e. The summed E-state index contributed by atoms with van der Waals surface area (Å²) in [6.07, 6.45) is 15.1. The molecule has 1 aromatic carbocycles. The first kappa shape index (κ1) is 22.9. The second kappa shape index (κ2) is 11.5. The maximum absolute atomic E-state index is 12.1. The molecule has 0 aromatic heterocycles. The van der Waals surface area contributed by atoms with Gasteiger partial charge in [-0.1, -0.05) is 70.3 Å². The van der Waals surface area contributed by atoms with E-state index in [9.17, 15) is 25.2 Å². The summed E-state index contributed by atoms with van der Waals surface area (Å²) in [5.41, 5.74) is 1.64. The number of phenolic OH excluding ortho intramolecular Hbond substituents is 3. The summed E-state index contributed by atoms with van der Waals surface area (Å²) in [6.45, 7) is 2.23. The molecule has 29 heavy (non-hydrogen) atoms. The van der Waals surface area contributed by atoms with Crippen molar-refractivity contribution >= 4 is 11.4 Å². The standard InChI is InChI=1S/C24H34O5/c1-2-3-4-5-6-7-8-9-10-11-12-17-13-19(23(28)20(25)14-17)18-15-21(26)24(29)22(27)16-18/h14-16,26-29H,2-13H2,1H3. The van der Waals surface area contributed by atoms with Gasteiger partial charge < -0.3 is 20.4 Å². The molecular weight excluding hydrogens is 368 g/mol. The van der Waals surface area contributed by atoms with Crippen molar-refractivity contribution in [2.24, 2.45) is 0 Å². The number of carbonyl (C=O) groups is 1. The van der Waals surface area contributed by atoms with Gasteiger partial charge in [0.15, 0.2) is 23.0 Å². The highest BCUT2D eigenvalue weighted by atomic mass is 16.3. The molecule has 0 aliphatic heterocycles. The van der Waals surface area contributed by atoms with E-state index < -0.39 is 23.0 Å². The van der Waals surface area contributed by atoms with E-state index in [4.69, 9.17) is 0 Å². The molecule has 4 N–H and O–H groups in total. The van der Waals surface area contributed by atoms with Gasteiger partial charge >= 0.3 is 0 Å². The summed E-state index contributed by atoms with van der Waals surface area (Å²) in [5.74, 6) is -2.42. The lowest BCUT2D eigenvalue weighted by molar-refractivity contribution is -0.113. The normalized spacial score (nSPS) is 14.4. The van der Waals surface area contributed by atoms with Gasteiger partial charge in [-0.3, -0.25) is 4.79 Å². The molecule has 0 heterocycles. The quantitative estimate of drug-likeness (QED) is 0.243. The number of hydrogen-bond donors (Lipinski definition) is 4. The van der Waals surface area contributed by atoms with E-state index in [1.807, 2.05) is 0 Å². The third kappa shape index (κ3) is 6.84. The van der Waals surface area contributed by atoms with Gasteiger partial charge in [0.1, 0.15) is 0 Å². The molecule has 0 atom stereocenters. The lowest BCUT2D eigenvalue weighted by Crippen LogP contribution is -2.09. The van der Waals surface area contributed by atoms with Crippen LogP contribution in [0.25, 0.3) is 5.57 Å². The Morgan fingerprint density at radius 3 is 1.86 bits per heavy atom. The van der Waals surface area contributed by atoms with E-state index in [0.29, 0.717) is 17.6 Å². The number of ketones is 1. The summed E-state index contributed by atoms with van der Waals surface area (Å²) < 4.78 is 0. The first-order valence-electron chi connectivity index (χ1n) is 10.8. The van der Waals surface area contributed by atoms with E-state index in [-0.39, 0.29) is 5.76 Å². The molecule has 0 fully saturated rings. The number of phenols is 3. The number of hydrogen-bond acceptors (Lipinski definition) is 5. The lowest BCUT2D eigenvalue weighted by Gasteiger charge is -2.18. The maximum atomic E-state index is 12.1. The SMILES string of the molecule is CCCCCCCCCCCCC1=CC(=O)C(O)=C(c2cc(O)c(O)c(O)c2)C1. The Morgan fingerprint density at radius 1 is 0.793 bits per heavy atom.